The molecule has 3 rings (SSSR count). The molecule has 2 amide bonds. The number of carbonyl (C=O) groups is 2. The zero-order valence-electron chi connectivity index (χ0n) is 14.8. The Kier molecular flexibility index (Phi) is 5.18. The van der Waals surface area contributed by atoms with E-state index in [4.69, 9.17) is 0 Å². The molecule has 2 aromatic heterocycles. The summed E-state index contributed by atoms with van der Waals surface area (Å²) < 4.78 is 0. The van der Waals surface area contributed by atoms with Crippen LogP contribution in [0.2, 0.25) is 0 Å². The van der Waals surface area contributed by atoms with Gasteiger partial charge in [0.05, 0.1) is 10.9 Å². The predicted molar refractivity (Wildman–Crippen MR) is 100.0 cm³/mol. The molecule has 5 nitrogen and oxygen atoms in total. The molecule has 2 aromatic rings. The molecule has 6 heteroatoms. The van der Waals surface area contributed by atoms with E-state index in [2.05, 4.69) is 10.3 Å². The van der Waals surface area contributed by atoms with E-state index in [1.807, 2.05) is 43.9 Å². The van der Waals surface area contributed by atoms with Crippen molar-refractivity contribution in [1.82, 2.24) is 9.88 Å². The van der Waals surface area contributed by atoms with Crippen molar-refractivity contribution in [3.8, 4) is 0 Å². The van der Waals surface area contributed by atoms with Crippen molar-refractivity contribution in [3.63, 3.8) is 0 Å². The van der Waals surface area contributed by atoms with Gasteiger partial charge in [0.25, 0.3) is 5.91 Å². The minimum Gasteiger partial charge on any atom is -0.335 e. The molecule has 1 atom stereocenters. The molecule has 25 heavy (non-hydrogen) atoms. The van der Waals surface area contributed by atoms with E-state index < -0.39 is 0 Å². The van der Waals surface area contributed by atoms with Gasteiger partial charge >= 0.3 is 0 Å². The number of aryl methyl sites for hydroxylation is 1. The average molecular weight is 357 g/mol. The molecule has 1 saturated heterocycles. The zero-order valence-corrected chi connectivity index (χ0v) is 15.7. The van der Waals surface area contributed by atoms with Gasteiger partial charge in [-0.2, -0.15) is 0 Å². The first-order valence-electron chi connectivity index (χ1n) is 8.64. The van der Waals surface area contributed by atoms with Gasteiger partial charge in [0, 0.05) is 35.4 Å². The molecule has 0 saturated carbocycles. The molecule has 1 N–H and O–H groups in total. The second kappa shape index (κ2) is 7.35. The van der Waals surface area contributed by atoms with Gasteiger partial charge in [-0.15, -0.1) is 11.3 Å². The molecule has 1 fully saturated rings. The van der Waals surface area contributed by atoms with Crippen LogP contribution < -0.4 is 5.32 Å². The first-order chi connectivity index (χ1) is 12.0. The fourth-order valence-corrected chi connectivity index (χ4v) is 4.23. The summed E-state index contributed by atoms with van der Waals surface area (Å²) in [5.74, 6) is 0.0705. The lowest BCUT2D eigenvalue weighted by molar-refractivity contribution is -0.131. The minimum atomic E-state index is -0.115. The average Bonchev–Trinajstić information content (AvgIpc) is 3.26. The first-order valence-corrected chi connectivity index (χ1v) is 9.45. The van der Waals surface area contributed by atoms with E-state index in [-0.39, 0.29) is 17.9 Å². The highest BCUT2D eigenvalue weighted by atomic mass is 32.1. The summed E-state index contributed by atoms with van der Waals surface area (Å²) in [4.78, 5) is 32.6. The quantitative estimate of drug-likeness (QED) is 0.896. The van der Waals surface area contributed by atoms with Crippen molar-refractivity contribution >= 4 is 28.8 Å². The normalized spacial score (nSPS) is 16.9. The predicted octanol–water partition coefficient (Wildman–Crippen LogP) is 4.09. The summed E-state index contributed by atoms with van der Waals surface area (Å²) in [5.41, 5.74) is 2.67. The summed E-state index contributed by atoms with van der Waals surface area (Å²) >= 11 is 1.48. The van der Waals surface area contributed by atoms with Crippen LogP contribution in [-0.2, 0) is 4.79 Å². The molecule has 0 aliphatic carbocycles. The number of nitrogens with one attached hydrogen (secondary N) is 1. The maximum absolute atomic E-state index is 12.6. The fourth-order valence-electron chi connectivity index (χ4n) is 3.18. The van der Waals surface area contributed by atoms with Crippen LogP contribution in [0.4, 0.5) is 5.69 Å². The van der Waals surface area contributed by atoms with Gasteiger partial charge in [0.2, 0.25) is 5.91 Å². The highest BCUT2D eigenvalue weighted by molar-refractivity contribution is 7.14. The van der Waals surface area contributed by atoms with Crippen molar-refractivity contribution in [2.45, 2.75) is 46.1 Å². The molecular formula is C19H23N3O2S. The Labute approximate surface area is 152 Å². The van der Waals surface area contributed by atoms with Crippen molar-refractivity contribution in [2.75, 3.05) is 11.9 Å². The van der Waals surface area contributed by atoms with Crippen molar-refractivity contribution in [1.29, 1.82) is 0 Å². The SMILES string of the molecule is CCC(=O)N1CCCC1c1ccc(C(=O)Nc2ccnc(C)c2C)s1. The Balaban J connectivity index is 1.76. The van der Waals surface area contributed by atoms with E-state index in [0.717, 1.165) is 41.2 Å². The molecular weight excluding hydrogens is 334 g/mol. The zero-order chi connectivity index (χ0) is 18.0. The van der Waals surface area contributed by atoms with Gasteiger partial charge in [0.15, 0.2) is 0 Å². The molecule has 1 unspecified atom stereocenters. The highest BCUT2D eigenvalue weighted by Crippen LogP contribution is 2.36. The molecule has 1 aliphatic heterocycles. The van der Waals surface area contributed by atoms with E-state index in [1.54, 1.807) is 6.20 Å². The number of thiophene rings is 1. The summed E-state index contributed by atoms with van der Waals surface area (Å²) in [5, 5.41) is 2.97. The van der Waals surface area contributed by atoms with Crippen LogP contribution in [0.3, 0.4) is 0 Å². The second-order valence-corrected chi connectivity index (χ2v) is 7.44. The number of hydrogen-bond acceptors (Lipinski definition) is 4. The van der Waals surface area contributed by atoms with Gasteiger partial charge < -0.3 is 10.2 Å². The monoisotopic (exact) mass is 357 g/mol. The van der Waals surface area contributed by atoms with E-state index in [9.17, 15) is 9.59 Å². The Morgan fingerprint density at radius 2 is 2.12 bits per heavy atom. The van der Waals surface area contributed by atoms with Gasteiger partial charge in [0.1, 0.15) is 0 Å². The number of rotatable bonds is 4. The lowest BCUT2D eigenvalue weighted by atomic mass is 10.2. The van der Waals surface area contributed by atoms with Crippen LogP contribution in [0.5, 0.6) is 0 Å². The maximum Gasteiger partial charge on any atom is 0.265 e. The molecule has 0 bridgehead atoms. The summed E-state index contributed by atoms with van der Waals surface area (Å²) in [6.45, 7) is 6.58. The van der Waals surface area contributed by atoms with Crippen molar-refractivity contribution in [3.05, 3.63) is 45.4 Å². The Morgan fingerprint density at radius 1 is 1.32 bits per heavy atom. The fraction of sp³-hybridized carbons (Fsp3) is 0.421. The number of pyridine rings is 1. The van der Waals surface area contributed by atoms with Gasteiger partial charge in [-0.3, -0.25) is 14.6 Å². The van der Waals surface area contributed by atoms with Crippen LogP contribution >= 0.6 is 11.3 Å². The van der Waals surface area contributed by atoms with Gasteiger partial charge in [-0.1, -0.05) is 6.92 Å². The third-order valence-corrected chi connectivity index (χ3v) is 5.94. The number of anilines is 1. The number of nitrogens with zero attached hydrogens (tertiary/aromatic N) is 2. The van der Waals surface area contributed by atoms with Crippen LogP contribution in [0.1, 0.15) is 58.0 Å². The first kappa shape index (κ1) is 17.6. The maximum atomic E-state index is 12.6. The summed E-state index contributed by atoms with van der Waals surface area (Å²) in [6, 6.07) is 5.76. The van der Waals surface area contributed by atoms with Crippen LogP contribution in [0.15, 0.2) is 24.4 Å². The molecule has 0 spiro atoms. The largest absolute Gasteiger partial charge is 0.335 e. The van der Waals surface area contributed by atoms with E-state index in [0.29, 0.717) is 11.3 Å². The van der Waals surface area contributed by atoms with E-state index >= 15 is 0 Å². The number of aromatic nitrogens is 1. The standard InChI is InChI=1S/C19H23N3O2S/c1-4-18(23)22-11-5-6-15(22)16-7-8-17(25-16)19(24)21-14-9-10-20-13(3)12(14)2/h7-10,15H,4-6,11H2,1-3H3,(H,20,21,24). The Hall–Kier alpha value is -2.21. The molecule has 3 heterocycles. The number of likely N-dealkylation sites (tertiary alicyclic amines) is 1. The van der Waals surface area contributed by atoms with Crippen molar-refractivity contribution in [2.24, 2.45) is 0 Å². The smallest absolute Gasteiger partial charge is 0.265 e. The molecule has 1 aliphatic rings. The second-order valence-electron chi connectivity index (χ2n) is 6.32. The summed E-state index contributed by atoms with van der Waals surface area (Å²) in [7, 11) is 0. The topological polar surface area (TPSA) is 62.3 Å². The van der Waals surface area contributed by atoms with Gasteiger partial charge in [-0.25, -0.2) is 0 Å². The molecule has 132 valence electrons. The van der Waals surface area contributed by atoms with Crippen LogP contribution in [0.25, 0.3) is 0 Å². The van der Waals surface area contributed by atoms with Crippen LogP contribution in [0, 0.1) is 13.8 Å². The Morgan fingerprint density at radius 3 is 2.88 bits per heavy atom. The summed E-state index contributed by atoms with van der Waals surface area (Å²) in [6.07, 6.45) is 4.21. The molecule has 0 aromatic carbocycles. The number of hydrogen-bond donors (Lipinski definition) is 1. The van der Waals surface area contributed by atoms with Crippen molar-refractivity contribution < 1.29 is 9.59 Å². The van der Waals surface area contributed by atoms with Gasteiger partial charge in [-0.05, 0) is 50.5 Å². The third kappa shape index (κ3) is 3.58. The lowest BCUT2D eigenvalue weighted by Gasteiger charge is -2.23. The third-order valence-electron chi connectivity index (χ3n) is 4.76. The Bertz CT molecular complexity index is 800. The van der Waals surface area contributed by atoms with Crippen LogP contribution in [-0.4, -0.2) is 28.2 Å². The highest BCUT2D eigenvalue weighted by Gasteiger charge is 2.30. The lowest BCUT2D eigenvalue weighted by Crippen LogP contribution is -2.29. The number of carbonyl (C=O) groups excluding carboxylic acids is 2. The van der Waals surface area contributed by atoms with E-state index in [1.165, 1.54) is 11.3 Å². The molecule has 0 radical (unpaired) electrons. The minimum absolute atomic E-state index is 0.115. The number of amides is 2.